The SMILES string of the molecule is CN1CCCN(CC(O)COc2ccc(C34CC5CC(CC3C5)C4)cc2)CC1. The molecule has 0 amide bonds. The molecule has 154 valence electrons. The second kappa shape index (κ2) is 7.62. The van der Waals surface area contributed by atoms with Crippen molar-refractivity contribution in [2.75, 3.05) is 46.4 Å². The molecule has 6 rings (SSSR count). The first-order valence-electron chi connectivity index (χ1n) is 11.4. The van der Waals surface area contributed by atoms with Crippen molar-refractivity contribution in [3.63, 3.8) is 0 Å². The van der Waals surface area contributed by atoms with Crippen LogP contribution in [0.2, 0.25) is 0 Å². The number of nitrogens with zero attached hydrogens (tertiary/aromatic N) is 2. The number of hydrogen-bond donors (Lipinski definition) is 1. The number of rotatable bonds is 6. The molecule has 3 atom stereocenters. The molecule has 28 heavy (non-hydrogen) atoms. The summed E-state index contributed by atoms with van der Waals surface area (Å²) in [5.74, 6) is 3.80. The molecule has 1 heterocycles. The van der Waals surface area contributed by atoms with Gasteiger partial charge in [0, 0.05) is 19.6 Å². The summed E-state index contributed by atoms with van der Waals surface area (Å²) in [6.07, 6.45) is 8.00. The third-order valence-corrected chi connectivity index (χ3v) is 8.14. The van der Waals surface area contributed by atoms with Crippen molar-refractivity contribution >= 4 is 0 Å². The van der Waals surface area contributed by atoms with Crippen molar-refractivity contribution in [3.8, 4) is 5.75 Å². The molecule has 4 nitrogen and oxygen atoms in total. The van der Waals surface area contributed by atoms with E-state index in [-0.39, 0.29) is 0 Å². The molecule has 1 aromatic rings. The first-order valence-corrected chi connectivity index (χ1v) is 11.4. The number of β-amino-alcohol motifs (C(OH)–C–C–N with tert-alkyl or cyclic N) is 1. The normalized spacial score (nSPS) is 36.6. The van der Waals surface area contributed by atoms with E-state index in [1.54, 1.807) is 5.56 Å². The van der Waals surface area contributed by atoms with Crippen LogP contribution in [0, 0.1) is 17.8 Å². The van der Waals surface area contributed by atoms with Crippen molar-refractivity contribution < 1.29 is 9.84 Å². The minimum atomic E-state index is -0.428. The zero-order valence-electron chi connectivity index (χ0n) is 17.4. The Labute approximate surface area is 169 Å². The van der Waals surface area contributed by atoms with Crippen molar-refractivity contribution in [3.05, 3.63) is 29.8 Å². The van der Waals surface area contributed by atoms with E-state index in [1.165, 1.54) is 38.5 Å². The highest BCUT2D eigenvalue weighted by molar-refractivity contribution is 5.36. The maximum atomic E-state index is 10.4. The van der Waals surface area contributed by atoms with Crippen LogP contribution < -0.4 is 4.74 Å². The largest absolute Gasteiger partial charge is 0.491 e. The number of hydrogen-bond acceptors (Lipinski definition) is 4. The lowest BCUT2D eigenvalue weighted by atomic mass is 9.71. The van der Waals surface area contributed by atoms with Gasteiger partial charge in [0.1, 0.15) is 18.5 Å². The Morgan fingerprint density at radius 3 is 2.54 bits per heavy atom. The van der Waals surface area contributed by atoms with Gasteiger partial charge in [-0.15, -0.1) is 0 Å². The first-order chi connectivity index (χ1) is 13.6. The molecule has 0 aromatic heterocycles. The van der Waals surface area contributed by atoms with Crippen LogP contribution in [-0.4, -0.2) is 67.4 Å². The van der Waals surface area contributed by atoms with Crippen molar-refractivity contribution in [2.24, 2.45) is 17.8 Å². The van der Waals surface area contributed by atoms with E-state index >= 15 is 0 Å². The summed E-state index contributed by atoms with van der Waals surface area (Å²) in [6.45, 7) is 5.43. The fourth-order valence-electron chi connectivity index (χ4n) is 6.98. The average molecular weight is 385 g/mol. The number of benzene rings is 1. The van der Waals surface area contributed by atoms with Crippen molar-refractivity contribution in [1.82, 2.24) is 9.80 Å². The molecule has 5 fully saturated rings. The second-order valence-electron chi connectivity index (χ2n) is 10.1. The van der Waals surface area contributed by atoms with Gasteiger partial charge in [-0.2, -0.15) is 0 Å². The molecule has 1 aromatic carbocycles. The molecule has 0 spiro atoms. The lowest BCUT2D eigenvalue weighted by molar-refractivity contribution is 0.0696. The van der Waals surface area contributed by atoms with Gasteiger partial charge < -0.3 is 14.7 Å². The maximum Gasteiger partial charge on any atom is 0.119 e. The second-order valence-corrected chi connectivity index (χ2v) is 10.1. The highest BCUT2D eigenvalue weighted by Gasteiger charge is 2.58. The summed E-state index contributed by atoms with van der Waals surface area (Å²) in [4.78, 5) is 4.73. The molecule has 4 saturated carbocycles. The Kier molecular flexibility index (Phi) is 5.14. The monoisotopic (exact) mass is 384 g/mol. The van der Waals surface area contributed by atoms with Gasteiger partial charge in [-0.1, -0.05) is 12.1 Å². The van der Waals surface area contributed by atoms with Crippen LogP contribution in [0.5, 0.6) is 5.75 Å². The Morgan fingerprint density at radius 2 is 1.79 bits per heavy atom. The molecule has 1 aliphatic heterocycles. The van der Waals surface area contributed by atoms with E-state index < -0.39 is 6.10 Å². The van der Waals surface area contributed by atoms with E-state index in [9.17, 15) is 5.11 Å². The Hall–Kier alpha value is -1.10. The van der Waals surface area contributed by atoms with Gasteiger partial charge in [0.2, 0.25) is 0 Å². The minimum absolute atomic E-state index is 0.379. The molecular weight excluding hydrogens is 348 g/mol. The van der Waals surface area contributed by atoms with Gasteiger partial charge in [0.25, 0.3) is 0 Å². The molecule has 4 heteroatoms. The smallest absolute Gasteiger partial charge is 0.119 e. The molecule has 1 N–H and O–H groups in total. The summed E-state index contributed by atoms with van der Waals surface area (Å²) < 4.78 is 5.93. The van der Waals surface area contributed by atoms with Crippen LogP contribution >= 0.6 is 0 Å². The van der Waals surface area contributed by atoms with Crippen LogP contribution in [0.4, 0.5) is 0 Å². The average Bonchev–Trinajstić information content (AvgIpc) is 2.97. The van der Waals surface area contributed by atoms with Gasteiger partial charge in [-0.3, -0.25) is 4.90 Å². The van der Waals surface area contributed by atoms with Gasteiger partial charge in [0.15, 0.2) is 0 Å². The third-order valence-electron chi connectivity index (χ3n) is 8.14. The van der Waals surface area contributed by atoms with E-state index in [4.69, 9.17) is 4.74 Å². The number of likely N-dealkylation sites (N-methyl/N-ethyl adjacent to an activating group) is 1. The molecule has 5 aliphatic rings. The lowest BCUT2D eigenvalue weighted by Crippen LogP contribution is -2.37. The molecule has 0 radical (unpaired) electrons. The van der Waals surface area contributed by atoms with Crippen LogP contribution in [0.25, 0.3) is 0 Å². The molecule has 4 bridgehead atoms. The van der Waals surface area contributed by atoms with Crippen LogP contribution in [-0.2, 0) is 5.41 Å². The molecule has 1 saturated heterocycles. The predicted molar refractivity (Wildman–Crippen MR) is 112 cm³/mol. The molecule has 3 unspecified atom stereocenters. The Bertz CT molecular complexity index is 662. The van der Waals surface area contributed by atoms with Crippen molar-refractivity contribution in [2.45, 2.75) is 50.0 Å². The van der Waals surface area contributed by atoms with E-state index in [0.717, 1.165) is 49.7 Å². The standard InChI is InChI=1S/C24H36N2O2/c1-25-7-2-8-26(10-9-25)16-22(27)17-28-23-5-3-20(4-6-23)24-14-18-11-19(15-24)13-21(24)12-18/h3-6,18-19,21-22,27H,2,7-17H2,1H3. The van der Waals surface area contributed by atoms with Gasteiger partial charge in [-0.25, -0.2) is 0 Å². The summed E-state index contributed by atoms with van der Waals surface area (Å²) in [5, 5.41) is 10.4. The Balaban J connectivity index is 1.14. The number of aliphatic hydroxyl groups excluding tert-OH is 1. The molecular formula is C24H36N2O2. The number of ether oxygens (including phenoxy) is 1. The summed E-state index contributed by atoms with van der Waals surface area (Å²) in [6, 6.07) is 8.90. The Morgan fingerprint density at radius 1 is 1.04 bits per heavy atom. The predicted octanol–water partition coefficient (Wildman–Crippen LogP) is 3.14. The first kappa shape index (κ1) is 18.9. The van der Waals surface area contributed by atoms with E-state index in [0.29, 0.717) is 18.6 Å². The summed E-state index contributed by atoms with van der Waals surface area (Å²) in [5.41, 5.74) is 2.02. The van der Waals surface area contributed by atoms with Crippen LogP contribution in [0.1, 0.15) is 44.1 Å². The highest BCUT2D eigenvalue weighted by atomic mass is 16.5. The maximum absolute atomic E-state index is 10.4. The van der Waals surface area contributed by atoms with Crippen LogP contribution in [0.15, 0.2) is 24.3 Å². The van der Waals surface area contributed by atoms with Gasteiger partial charge >= 0.3 is 0 Å². The summed E-state index contributed by atoms with van der Waals surface area (Å²) >= 11 is 0. The van der Waals surface area contributed by atoms with E-state index in [2.05, 4.69) is 41.1 Å². The minimum Gasteiger partial charge on any atom is -0.491 e. The zero-order chi connectivity index (χ0) is 19.1. The fourth-order valence-corrected chi connectivity index (χ4v) is 6.98. The number of aliphatic hydroxyl groups is 1. The van der Waals surface area contributed by atoms with Crippen molar-refractivity contribution in [1.29, 1.82) is 0 Å². The zero-order valence-corrected chi connectivity index (χ0v) is 17.4. The topological polar surface area (TPSA) is 35.9 Å². The highest BCUT2D eigenvalue weighted by Crippen LogP contribution is 2.65. The summed E-state index contributed by atoms with van der Waals surface area (Å²) in [7, 11) is 2.18. The van der Waals surface area contributed by atoms with Crippen LogP contribution in [0.3, 0.4) is 0 Å². The lowest BCUT2D eigenvalue weighted by Gasteiger charge is -2.33. The van der Waals surface area contributed by atoms with Gasteiger partial charge in [0.05, 0.1) is 0 Å². The fraction of sp³-hybridized carbons (Fsp3) is 0.750. The van der Waals surface area contributed by atoms with Gasteiger partial charge in [-0.05, 0) is 99.5 Å². The molecule has 4 aliphatic carbocycles. The quantitative estimate of drug-likeness (QED) is 0.817. The third kappa shape index (κ3) is 3.59. The van der Waals surface area contributed by atoms with E-state index in [1.807, 2.05) is 0 Å².